The molecule has 0 saturated heterocycles. The number of azide groups is 1. The molecule has 48 heavy (non-hydrogen) atoms. The second-order valence-corrected chi connectivity index (χ2v) is 11.6. The van der Waals surface area contributed by atoms with Crippen LogP contribution in [-0.4, -0.2) is 49.3 Å². The van der Waals surface area contributed by atoms with Crippen LogP contribution in [0.3, 0.4) is 0 Å². The van der Waals surface area contributed by atoms with Gasteiger partial charge in [0.1, 0.15) is 11.5 Å². The average Bonchev–Trinajstić information content (AvgIpc) is 3.51. The molecule has 0 unspecified atom stereocenters. The third-order valence-corrected chi connectivity index (χ3v) is 8.21. The zero-order valence-corrected chi connectivity index (χ0v) is 27.3. The first kappa shape index (κ1) is 34.3. The second kappa shape index (κ2) is 16.7. The van der Waals surface area contributed by atoms with Crippen molar-refractivity contribution >= 4 is 23.4 Å². The Kier molecular flexibility index (Phi) is 11.9. The van der Waals surface area contributed by atoms with Gasteiger partial charge in [0.2, 0.25) is 5.90 Å². The van der Waals surface area contributed by atoms with Crippen LogP contribution >= 0.6 is 11.6 Å². The van der Waals surface area contributed by atoms with Gasteiger partial charge in [-0.1, -0.05) is 65.2 Å². The Morgan fingerprint density at radius 3 is 2.54 bits per heavy atom. The summed E-state index contributed by atoms with van der Waals surface area (Å²) in [5, 5.41) is 13.5. The number of ether oxygens (including phenoxy) is 3. The van der Waals surface area contributed by atoms with Gasteiger partial charge in [-0.15, -0.1) is 0 Å². The summed E-state index contributed by atoms with van der Waals surface area (Å²) >= 11 is 6.04. The Morgan fingerprint density at radius 1 is 1.04 bits per heavy atom. The zero-order chi connectivity index (χ0) is 33.8. The Balaban J connectivity index is 1.53. The lowest BCUT2D eigenvalue weighted by molar-refractivity contribution is -0.130. The molecule has 0 radical (unpaired) electrons. The number of carbonyl (C=O) groups is 1. The number of hydrazine groups is 1. The molecule has 4 aromatic carbocycles. The number of hydrogen-bond donors (Lipinski definition) is 3. The van der Waals surface area contributed by atoms with Gasteiger partial charge < -0.3 is 19.3 Å². The van der Waals surface area contributed by atoms with E-state index < -0.39 is 17.6 Å². The number of halogens is 1. The van der Waals surface area contributed by atoms with Gasteiger partial charge in [-0.3, -0.25) is 10.2 Å². The highest BCUT2D eigenvalue weighted by atomic mass is 35.5. The summed E-state index contributed by atoms with van der Waals surface area (Å²) < 4.78 is 17.9. The molecule has 5 rings (SSSR count). The van der Waals surface area contributed by atoms with E-state index in [-0.39, 0.29) is 25.5 Å². The maximum absolute atomic E-state index is 14.5. The van der Waals surface area contributed by atoms with Crippen LogP contribution in [0.1, 0.15) is 40.3 Å². The molecule has 0 aromatic heterocycles. The molecular weight excluding hydrogens is 632 g/mol. The number of nitrogens with one attached hydrogen (secondary N) is 2. The van der Waals surface area contributed by atoms with E-state index in [1.165, 1.54) is 0 Å². The van der Waals surface area contributed by atoms with Gasteiger partial charge >= 0.3 is 0 Å². The monoisotopic (exact) mass is 668 g/mol. The third kappa shape index (κ3) is 8.44. The van der Waals surface area contributed by atoms with Crippen molar-refractivity contribution < 1.29 is 24.1 Å². The second-order valence-electron chi connectivity index (χ2n) is 11.2. The quantitative estimate of drug-likeness (QED) is 0.0420. The number of methoxy groups -OCH3 is 1. The Morgan fingerprint density at radius 2 is 1.81 bits per heavy atom. The van der Waals surface area contributed by atoms with Gasteiger partial charge in [0.05, 0.1) is 20.3 Å². The minimum atomic E-state index is -1.49. The fraction of sp³-hybridized carbons (Fsp3) is 0.278. The van der Waals surface area contributed by atoms with Crippen LogP contribution in [0.4, 0.5) is 0 Å². The van der Waals surface area contributed by atoms with Crippen molar-refractivity contribution in [2.75, 3.05) is 26.9 Å². The van der Waals surface area contributed by atoms with Crippen molar-refractivity contribution in [1.29, 1.82) is 0 Å². The third-order valence-electron chi connectivity index (χ3n) is 7.96. The number of aliphatic imine (C=N–C) groups is 1. The molecule has 0 fully saturated rings. The number of amides is 1. The number of benzene rings is 4. The van der Waals surface area contributed by atoms with Gasteiger partial charge in [0, 0.05) is 41.5 Å². The van der Waals surface area contributed by atoms with Crippen molar-refractivity contribution in [1.82, 2.24) is 10.9 Å². The molecule has 1 amide bonds. The molecule has 0 spiro atoms. The van der Waals surface area contributed by atoms with E-state index in [1.807, 2.05) is 84.9 Å². The molecule has 2 atom stereocenters. The predicted octanol–water partition coefficient (Wildman–Crippen LogP) is 6.28. The Hall–Kier alpha value is -5.06. The van der Waals surface area contributed by atoms with Crippen LogP contribution in [0.25, 0.3) is 10.4 Å². The molecule has 1 heterocycles. The van der Waals surface area contributed by atoms with E-state index in [1.54, 1.807) is 19.2 Å². The number of aliphatic hydroxyl groups excluding tert-OH is 1. The van der Waals surface area contributed by atoms with Gasteiger partial charge in [-0.2, -0.15) is 0 Å². The zero-order valence-electron chi connectivity index (χ0n) is 26.5. The van der Waals surface area contributed by atoms with E-state index in [2.05, 4.69) is 20.9 Å². The summed E-state index contributed by atoms with van der Waals surface area (Å²) in [5.41, 5.74) is 17.5. The lowest BCUT2D eigenvalue weighted by Crippen LogP contribution is -2.54. The predicted molar refractivity (Wildman–Crippen MR) is 184 cm³/mol. The lowest BCUT2D eigenvalue weighted by atomic mass is 9.81. The summed E-state index contributed by atoms with van der Waals surface area (Å²) in [7, 11) is 1.58. The van der Waals surface area contributed by atoms with Gasteiger partial charge in [0.15, 0.2) is 11.6 Å². The van der Waals surface area contributed by atoms with Crippen molar-refractivity contribution in [2.24, 2.45) is 10.1 Å². The molecule has 4 aromatic rings. The molecule has 0 aliphatic carbocycles. The summed E-state index contributed by atoms with van der Waals surface area (Å²) in [6.45, 7) is 0.994. The van der Waals surface area contributed by atoms with Crippen molar-refractivity contribution in [3.05, 3.63) is 140 Å². The normalized spacial score (nSPS) is 16.7. The van der Waals surface area contributed by atoms with Crippen molar-refractivity contribution in [3.63, 3.8) is 0 Å². The van der Waals surface area contributed by atoms with Crippen LogP contribution in [0.2, 0.25) is 5.02 Å². The first-order valence-electron chi connectivity index (χ1n) is 15.6. The highest BCUT2D eigenvalue weighted by Gasteiger charge is 2.53. The van der Waals surface area contributed by atoms with Crippen LogP contribution < -0.4 is 20.3 Å². The van der Waals surface area contributed by atoms with Crippen LogP contribution in [0.15, 0.2) is 107 Å². The summed E-state index contributed by atoms with van der Waals surface area (Å²) in [6, 6.07) is 29.7. The molecule has 1 aliphatic rings. The summed E-state index contributed by atoms with van der Waals surface area (Å²) in [4.78, 5) is 22.6. The smallest absolute Gasteiger partial charge is 0.266 e. The van der Waals surface area contributed by atoms with Crippen LogP contribution in [0.5, 0.6) is 11.5 Å². The van der Waals surface area contributed by atoms with E-state index >= 15 is 0 Å². The number of rotatable bonds is 16. The molecule has 0 saturated carbocycles. The first-order chi connectivity index (χ1) is 23.5. The Labute approximate surface area is 284 Å². The fourth-order valence-electron chi connectivity index (χ4n) is 5.48. The molecule has 3 N–H and O–H groups in total. The largest absolute Gasteiger partial charge is 0.497 e. The molecule has 12 heteroatoms. The van der Waals surface area contributed by atoms with Crippen LogP contribution in [-0.2, 0) is 28.9 Å². The molecular formula is C36H37ClN6O5. The molecule has 0 bridgehead atoms. The number of carbonyl (C=O) groups excluding carboxylic acids is 1. The minimum Gasteiger partial charge on any atom is -0.497 e. The van der Waals surface area contributed by atoms with Crippen molar-refractivity contribution in [3.8, 4) is 11.5 Å². The highest BCUT2D eigenvalue weighted by molar-refractivity contribution is 6.30. The van der Waals surface area contributed by atoms with E-state index in [0.717, 1.165) is 16.7 Å². The van der Waals surface area contributed by atoms with E-state index in [9.17, 15) is 4.79 Å². The molecule has 1 aliphatic heterocycles. The number of nitrogens with zero attached hydrogens (tertiary/aromatic N) is 4. The lowest BCUT2D eigenvalue weighted by Gasteiger charge is -2.31. The summed E-state index contributed by atoms with van der Waals surface area (Å²) in [5.74, 6) is 1.13. The fourth-order valence-corrected chi connectivity index (χ4v) is 5.60. The van der Waals surface area contributed by atoms with E-state index in [0.29, 0.717) is 53.6 Å². The van der Waals surface area contributed by atoms with E-state index in [4.69, 9.17) is 41.4 Å². The van der Waals surface area contributed by atoms with Gasteiger partial charge in [-0.25, -0.2) is 10.4 Å². The van der Waals surface area contributed by atoms with Gasteiger partial charge in [0.25, 0.3) is 5.91 Å². The number of hydrogen-bond acceptors (Lipinski definition) is 8. The highest BCUT2D eigenvalue weighted by Crippen LogP contribution is 2.43. The minimum absolute atomic E-state index is 0.0422. The Bertz CT molecular complexity index is 1760. The van der Waals surface area contributed by atoms with Crippen molar-refractivity contribution in [2.45, 2.75) is 37.5 Å². The van der Waals surface area contributed by atoms with Gasteiger partial charge in [-0.05, 0) is 82.7 Å². The number of aliphatic hydroxyl groups is 1. The SMILES string of the molecule is COc1cccc([C@@H]2OC(c3ccc(OCCCO)cc3)=N[C@]2(Cc2ccccc2CN=[N+]=[N-])C(=O)NNCCc2ccc(Cl)cc2)c1. The molecule has 248 valence electrons. The maximum atomic E-state index is 14.5. The summed E-state index contributed by atoms with van der Waals surface area (Å²) in [6.07, 6.45) is 0.458. The average molecular weight is 669 g/mol. The van der Waals surface area contributed by atoms with Crippen LogP contribution in [0, 0.1) is 0 Å². The maximum Gasteiger partial charge on any atom is 0.266 e. The first-order valence-corrected chi connectivity index (χ1v) is 15.9. The molecule has 11 nitrogen and oxygen atoms in total. The topological polar surface area (TPSA) is 150 Å². The standard InChI is InChI=1S/C36H37ClN6O5/c1-46-32-9-4-8-27(22-32)33-36(23-28-6-2-3-7-29(28)24-40-43-38,35(45)42-39-19-18-25-10-14-30(37)15-11-25)41-34(48-33)26-12-16-31(17-13-26)47-21-5-20-44/h2-4,6-17,22,33,39,44H,5,18-21,23-24H2,1H3,(H,42,45)/t33-,36-/m0/s1.